The number of hydrogen-bond donors (Lipinski definition) is 2. The van der Waals surface area contributed by atoms with Crippen molar-refractivity contribution in [3.05, 3.63) is 34.6 Å². The molecule has 3 rings (SSSR count). The molecule has 1 aromatic carbocycles. The van der Waals surface area contributed by atoms with Crippen LogP contribution >= 0.6 is 11.6 Å². The van der Waals surface area contributed by atoms with E-state index >= 15 is 0 Å². The van der Waals surface area contributed by atoms with Crippen molar-refractivity contribution in [3.63, 3.8) is 0 Å². The second kappa shape index (κ2) is 5.80. The Kier molecular flexibility index (Phi) is 4.14. The molecule has 3 unspecified atom stereocenters. The number of nitrogens with one attached hydrogen (secondary N) is 2. The molecule has 1 saturated carbocycles. The highest BCUT2D eigenvalue weighted by atomic mass is 35.5. The van der Waals surface area contributed by atoms with Gasteiger partial charge < -0.3 is 15.5 Å². The molecule has 2 N–H and O–H groups in total. The first-order chi connectivity index (χ1) is 10.4. The fraction of sp³-hybridized carbons (Fsp3) is 0.562. The number of carbonyl (C=O) groups excluding carboxylic acids is 1. The highest BCUT2D eigenvalue weighted by Gasteiger charge is 2.61. The zero-order chi connectivity index (χ0) is 15.9. The minimum absolute atomic E-state index is 0.0651. The number of fused-ring (bicyclic) bond motifs is 1. The van der Waals surface area contributed by atoms with Crippen LogP contribution in [0.5, 0.6) is 0 Å². The Balaban J connectivity index is 1.55. The van der Waals surface area contributed by atoms with Crippen LogP contribution in [-0.2, 0) is 11.3 Å². The fourth-order valence-electron chi connectivity index (χ4n) is 3.55. The third-order valence-corrected chi connectivity index (χ3v) is 4.93. The zero-order valence-electron chi connectivity index (χ0n) is 12.8. The van der Waals surface area contributed by atoms with Crippen LogP contribution in [0.3, 0.4) is 0 Å². The van der Waals surface area contributed by atoms with E-state index in [1.807, 2.05) is 0 Å². The lowest BCUT2D eigenvalue weighted by atomic mass is 9.99. The van der Waals surface area contributed by atoms with E-state index < -0.39 is 5.82 Å². The second-order valence-electron chi connectivity index (χ2n) is 6.71. The first-order valence-corrected chi connectivity index (χ1v) is 7.90. The van der Waals surface area contributed by atoms with Crippen LogP contribution in [0.4, 0.5) is 4.39 Å². The van der Waals surface area contributed by atoms with Gasteiger partial charge in [0.1, 0.15) is 5.82 Å². The van der Waals surface area contributed by atoms with Gasteiger partial charge in [0, 0.05) is 30.1 Å². The highest BCUT2D eigenvalue weighted by Crippen LogP contribution is 2.54. The van der Waals surface area contributed by atoms with E-state index in [2.05, 4.69) is 29.6 Å². The molecule has 0 radical (unpaired) electrons. The van der Waals surface area contributed by atoms with E-state index in [9.17, 15) is 9.18 Å². The molecule has 2 fully saturated rings. The number of amides is 1. The SMILES string of the molecule is CN(C)CC12CC(C(=O)NCc3cccc(Cl)c3F)NC1C2. The molecule has 0 bridgehead atoms. The number of carbonyl (C=O) groups is 1. The number of nitrogens with zero attached hydrogens (tertiary/aromatic N) is 1. The van der Waals surface area contributed by atoms with Crippen molar-refractivity contribution in [1.82, 2.24) is 15.5 Å². The Morgan fingerprint density at radius 3 is 3.00 bits per heavy atom. The number of rotatable bonds is 5. The van der Waals surface area contributed by atoms with Gasteiger partial charge in [0.15, 0.2) is 0 Å². The summed E-state index contributed by atoms with van der Waals surface area (Å²) >= 11 is 5.74. The molecule has 0 aromatic heterocycles. The third kappa shape index (κ3) is 2.98. The summed E-state index contributed by atoms with van der Waals surface area (Å²) in [5, 5.41) is 6.26. The van der Waals surface area contributed by atoms with Gasteiger partial charge in [-0.25, -0.2) is 4.39 Å². The summed E-state index contributed by atoms with van der Waals surface area (Å²) in [7, 11) is 4.11. The molecule has 4 nitrogen and oxygen atoms in total. The average molecular weight is 326 g/mol. The van der Waals surface area contributed by atoms with Crippen molar-refractivity contribution in [3.8, 4) is 0 Å². The summed E-state index contributed by atoms with van der Waals surface area (Å²) in [5.41, 5.74) is 0.652. The average Bonchev–Trinajstić information content (AvgIpc) is 2.99. The fourth-order valence-corrected chi connectivity index (χ4v) is 3.74. The third-order valence-electron chi connectivity index (χ3n) is 4.63. The highest BCUT2D eigenvalue weighted by molar-refractivity contribution is 6.30. The van der Waals surface area contributed by atoms with Gasteiger partial charge in [-0.1, -0.05) is 23.7 Å². The number of hydrogen-bond acceptors (Lipinski definition) is 3. The maximum absolute atomic E-state index is 13.8. The predicted molar refractivity (Wildman–Crippen MR) is 84.2 cm³/mol. The maximum atomic E-state index is 13.8. The summed E-state index contributed by atoms with van der Waals surface area (Å²) in [6, 6.07) is 5.07. The first kappa shape index (κ1) is 15.7. The molecule has 0 spiro atoms. The van der Waals surface area contributed by atoms with Gasteiger partial charge in [0.2, 0.25) is 5.91 Å². The van der Waals surface area contributed by atoms with Crippen molar-refractivity contribution in [2.45, 2.75) is 31.5 Å². The van der Waals surface area contributed by atoms with Gasteiger partial charge in [-0.05, 0) is 33.0 Å². The number of piperidine rings is 1. The molecule has 2 aliphatic rings. The van der Waals surface area contributed by atoms with E-state index in [0.29, 0.717) is 11.6 Å². The molecule has 1 heterocycles. The number of halogens is 2. The van der Waals surface area contributed by atoms with E-state index in [1.54, 1.807) is 12.1 Å². The quantitative estimate of drug-likeness (QED) is 0.867. The van der Waals surface area contributed by atoms with Gasteiger partial charge in [-0.2, -0.15) is 0 Å². The van der Waals surface area contributed by atoms with Crippen molar-refractivity contribution >= 4 is 17.5 Å². The Labute approximate surface area is 135 Å². The van der Waals surface area contributed by atoms with Crippen molar-refractivity contribution < 1.29 is 9.18 Å². The van der Waals surface area contributed by atoms with Crippen molar-refractivity contribution in [1.29, 1.82) is 0 Å². The largest absolute Gasteiger partial charge is 0.351 e. The smallest absolute Gasteiger partial charge is 0.237 e. The molecular weight excluding hydrogens is 305 g/mol. The Morgan fingerprint density at radius 1 is 1.50 bits per heavy atom. The van der Waals surface area contributed by atoms with Crippen LogP contribution in [0.15, 0.2) is 18.2 Å². The number of benzene rings is 1. The van der Waals surface area contributed by atoms with Gasteiger partial charge in [-0.15, -0.1) is 0 Å². The van der Waals surface area contributed by atoms with E-state index in [1.165, 1.54) is 6.07 Å². The Morgan fingerprint density at radius 2 is 2.27 bits per heavy atom. The molecule has 1 saturated heterocycles. The maximum Gasteiger partial charge on any atom is 0.237 e. The molecule has 1 aromatic rings. The minimum Gasteiger partial charge on any atom is -0.351 e. The van der Waals surface area contributed by atoms with Crippen LogP contribution in [0, 0.1) is 11.2 Å². The summed E-state index contributed by atoms with van der Waals surface area (Å²) in [4.78, 5) is 14.4. The molecular formula is C16H21ClFN3O. The van der Waals surface area contributed by atoms with Crippen LogP contribution in [-0.4, -0.2) is 43.5 Å². The van der Waals surface area contributed by atoms with Gasteiger partial charge >= 0.3 is 0 Å². The molecule has 6 heteroatoms. The predicted octanol–water partition coefficient (Wildman–Crippen LogP) is 1.78. The Bertz CT molecular complexity index is 595. The molecule has 1 aliphatic heterocycles. The minimum atomic E-state index is -0.462. The van der Waals surface area contributed by atoms with Crippen molar-refractivity contribution in [2.75, 3.05) is 20.6 Å². The van der Waals surface area contributed by atoms with Gasteiger partial charge in [0.05, 0.1) is 11.1 Å². The molecule has 1 aliphatic carbocycles. The molecule has 1 amide bonds. The van der Waals surface area contributed by atoms with Gasteiger partial charge in [-0.3, -0.25) is 4.79 Å². The first-order valence-electron chi connectivity index (χ1n) is 7.53. The summed E-state index contributed by atoms with van der Waals surface area (Å²) in [6.45, 7) is 1.16. The van der Waals surface area contributed by atoms with E-state index in [-0.39, 0.29) is 28.9 Å². The topological polar surface area (TPSA) is 44.4 Å². The normalized spacial score (nSPS) is 29.5. The zero-order valence-corrected chi connectivity index (χ0v) is 13.6. The summed E-state index contributed by atoms with van der Waals surface area (Å²) < 4.78 is 13.8. The van der Waals surface area contributed by atoms with Crippen LogP contribution in [0.2, 0.25) is 5.02 Å². The lowest BCUT2D eigenvalue weighted by Gasteiger charge is -2.19. The standard InChI is InChI=1S/C16H21ClFN3O/c1-21(2)9-16-6-12(20-13(16)7-16)15(22)19-8-10-4-3-5-11(17)14(10)18/h3-5,12-13,20H,6-9H2,1-2H3,(H,19,22). The summed E-state index contributed by atoms with van der Waals surface area (Å²) in [5.74, 6) is -0.527. The van der Waals surface area contributed by atoms with Gasteiger partial charge in [0.25, 0.3) is 0 Å². The molecule has 22 heavy (non-hydrogen) atoms. The van der Waals surface area contributed by atoms with E-state index in [0.717, 1.165) is 19.4 Å². The monoisotopic (exact) mass is 325 g/mol. The second-order valence-corrected chi connectivity index (χ2v) is 7.12. The Hall–Kier alpha value is -1.17. The molecule has 3 atom stereocenters. The van der Waals surface area contributed by atoms with Crippen LogP contribution in [0.1, 0.15) is 18.4 Å². The lowest BCUT2D eigenvalue weighted by molar-refractivity contribution is -0.123. The van der Waals surface area contributed by atoms with Crippen LogP contribution in [0.25, 0.3) is 0 Å². The van der Waals surface area contributed by atoms with Crippen molar-refractivity contribution in [2.24, 2.45) is 5.41 Å². The van der Waals surface area contributed by atoms with E-state index in [4.69, 9.17) is 11.6 Å². The summed E-state index contributed by atoms with van der Waals surface area (Å²) in [6.07, 6.45) is 1.98. The van der Waals surface area contributed by atoms with Crippen LogP contribution < -0.4 is 10.6 Å². The molecule has 120 valence electrons. The lowest BCUT2D eigenvalue weighted by Crippen LogP contribution is -2.42.